The van der Waals surface area contributed by atoms with E-state index >= 15 is 0 Å². The van der Waals surface area contributed by atoms with Crippen molar-refractivity contribution >= 4 is 33.2 Å². The van der Waals surface area contributed by atoms with Crippen molar-refractivity contribution in [3.05, 3.63) is 23.1 Å². The minimum absolute atomic E-state index is 0.000772. The number of hydrogen-bond donors (Lipinski definition) is 0. The molecule has 0 aromatic carbocycles. The van der Waals surface area contributed by atoms with Crippen LogP contribution in [0.2, 0.25) is 0 Å². The lowest BCUT2D eigenvalue weighted by molar-refractivity contribution is 0.609. The van der Waals surface area contributed by atoms with E-state index in [9.17, 15) is 8.42 Å². The molecule has 3 rings (SSSR count). The summed E-state index contributed by atoms with van der Waals surface area (Å²) in [5.41, 5.74) is 0. The summed E-state index contributed by atoms with van der Waals surface area (Å²) in [6.45, 7) is 1.86. The lowest BCUT2D eigenvalue weighted by atomic mass is 9.93. The fraction of sp³-hybridized carbons (Fsp3) is 0.556. The van der Waals surface area contributed by atoms with Gasteiger partial charge in [0.1, 0.15) is 4.21 Å². The smallest absolute Gasteiger partial charge is 0.145 e. The Morgan fingerprint density at radius 2 is 2.21 bits per heavy atom. The number of rotatable bonds is 0. The van der Waals surface area contributed by atoms with E-state index in [-0.39, 0.29) is 16.4 Å². The molecule has 3 aliphatic rings. The fourth-order valence-corrected chi connectivity index (χ4v) is 7.17. The highest BCUT2D eigenvalue weighted by atomic mass is 35.5. The molecule has 76 valence electrons. The number of halogens is 1. The lowest BCUT2D eigenvalue weighted by Gasteiger charge is -2.21. The van der Waals surface area contributed by atoms with Crippen LogP contribution in [0.4, 0.5) is 0 Å². The van der Waals surface area contributed by atoms with Crippen LogP contribution in [0.25, 0.3) is 0 Å². The molecule has 1 saturated heterocycles. The normalized spacial score (nSPS) is 59.0. The van der Waals surface area contributed by atoms with Gasteiger partial charge in [-0.05, 0) is 6.92 Å². The van der Waals surface area contributed by atoms with Crippen LogP contribution in [-0.4, -0.2) is 23.1 Å². The Balaban J connectivity index is 2.18. The molecule has 2 nitrogen and oxygen atoms in total. The van der Waals surface area contributed by atoms with Gasteiger partial charge in [0.25, 0.3) is 0 Å². The molecule has 5 heteroatoms. The van der Waals surface area contributed by atoms with Crippen LogP contribution in [0, 0.1) is 5.92 Å². The van der Waals surface area contributed by atoms with Crippen LogP contribution >= 0.6 is 11.6 Å². The summed E-state index contributed by atoms with van der Waals surface area (Å²) in [5, 5.41) is -0.148. The van der Waals surface area contributed by atoms with E-state index in [2.05, 4.69) is 0 Å². The summed E-state index contributed by atoms with van der Waals surface area (Å²) in [6, 6.07) is 0. The van der Waals surface area contributed by atoms with Crippen LogP contribution in [0.3, 0.4) is 0 Å². The highest BCUT2D eigenvalue weighted by molar-refractivity contribution is 7.94. The standard InChI is InChI=1S/C9H9ClO2S2/c1-5-4-6-8(13(5)11)7-2-3-9(6,10)14(7)12/h2-4,6-8H,1H3/t6-,7+,8+,9-,13+,14?/m0/s1. The van der Waals surface area contributed by atoms with E-state index in [1.807, 2.05) is 25.2 Å². The van der Waals surface area contributed by atoms with Crippen molar-refractivity contribution in [3.63, 3.8) is 0 Å². The molecule has 3 heterocycles. The largest absolute Gasteiger partial charge is 0.257 e. The Labute approximate surface area is 92.3 Å². The van der Waals surface area contributed by atoms with Gasteiger partial charge in [0, 0.05) is 10.8 Å². The Hall–Kier alpha value is 0.0700. The third-order valence-corrected chi connectivity index (χ3v) is 8.01. The van der Waals surface area contributed by atoms with E-state index in [1.54, 1.807) is 0 Å². The second kappa shape index (κ2) is 2.60. The maximum atomic E-state index is 11.9. The second-order valence-corrected chi connectivity index (χ2v) is 8.33. The molecule has 0 radical (unpaired) electrons. The first-order valence-corrected chi connectivity index (χ1v) is 7.24. The zero-order chi connectivity index (χ0) is 10.1. The number of fused-ring (bicyclic) bond motifs is 5. The fourth-order valence-electron chi connectivity index (χ4n) is 2.48. The molecule has 3 aliphatic heterocycles. The minimum atomic E-state index is -1.09. The van der Waals surface area contributed by atoms with Crippen molar-refractivity contribution in [1.82, 2.24) is 0 Å². The van der Waals surface area contributed by atoms with Crippen LogP contribution in [-0.2, 0) is 21.6 Å². The molecule has 1 unspecified atom stereocenters. The zero-order valence-corrected chi connectivity index (χ0v) is 9.86. The maximum absolute atomic E-state index is 11.9. The van der Waals surface area contributed by atoms with Crippen molar-refractivity contribution in [2.45, 2.75) is 21.6 Å². The van der Waals surface area contributed by atoms with Gasteiger partial charge in [0.05, 0.1) is 32.1 Å². The van der Waals surface area contributed by atoms with E-state index in [0.29, 0.717) is 0 Å². The predicted molar refractivity (Wildman–Crippen MR) is 58.8 cm³/mol. The molecule has 0 N–H and O–H groups in total. The SMILES string of the molecule is CC1=C[C@H]2[C@H]([C@H]3C=C[C@]2(Cl)S3=O)[S@@]1=O. The van der Waals surface area contributed by atoms with E-state index in [4.69, 9.17) is 11.6 Å². The molecular formula is C9H9ClO2S2. The van der Waals surface area contributed by atoms with Crippen molar-refractivity contribution in [2.24, 2.45) is 5.92 Å². The highest BCUT2D eigenvalue weighted by Crippen LogP contribution is 2.54. The molecule has 0 saturated carbocycles. The Morgan fingerprint density at radius 3 is 2.86 bits per heavy atom. The van der Waals surface area contributed by atoms with Crippen molar-refractivity contribution in [2.75, 3.05) is 0 Å². The summed E-state index contributed by atoms with van der Waals surface area (Å²) in [6.07, 6.45) is 5.63. The Bertz CT molecular complexity index is 429. The summed E-state index contributed by atoms with van der Waals surface area (Å²) in [5.74, 6) is 0.000772. The highest BCUT2D eigenvalue weighted by Gasteiger charge is 2.63. The van der Waals surface area contributed by atoms with Gasteiger partial charge in [-0.3, -0.25) is 8.42 Å². The molecule has 6 atom stereocenters. The Kier molecular flexibility index (Phi) is 1.73. The molecule has 0 spiro atoms. The van der Waals surface area contributed by atoms with Crippen LogP contribution in [0.5, 0.6) is 0 Å². The molecule has 14 heavy (non-hydrogen) atoms. The van der Waals surface area contributed by atoms with Crippen molar-refractivity contribution < 1.29 is 8.42 Å². The third-order valence-electron chi connectivity index (χ3n) is 3.18. The van der Waals surface area contributed by atoms with Gasteiger partial charge in [0.15, 0.2) is 0 Å². The first-order chi connectivity index (χ1) is 6.55. The first kappa shape index (κ1) is 9.31. The maximum Gasteiger partial charge on any atom is 0.145 e. The topological polar surface area (TPSA) is 34.1 Å². The first-order valence-electron chi connectivity index (χ1n) is 4.43. The van der Waals surface area contributed by atoms with Gasteiger partial charge in [-0.25, -0.2) is 0 Å². The van der Waals surface area contributed by atoms with Gasteiger partial charge in [-0.15, -0.1) is 0 Å². The van der Waals surface area contributed by atoms with Gasteiger partial charge in [0.2, 0.25) is 0 Å². The average molecular weight is 249 g/mol. The molecule has 0 aromatic heterocycles. The molecule has 0 aromatic rings. The monoisotopic (exact) mass is 248 g/mol. The molecule has 2 bridgehead atoms. The molecule has 1 fully saturated rings. The predicted octanol–water partition coefficient (Wildman–Crippen LogP) is 1.27. The minimum Gasteiger partial charge on any atom is -0.257 e. The van der Waals surface area contributed by atoms with E-state index in [0.717, 1.165) is 4.91 Å². The average Bonchev–Trinajstić information content (AvgIpc) is 2.65. The lowest BCUT2D eigenvalue weighted by Crippen LogP contribution is -2.31. The zero-order valence-electron chi connectivity index (χ0n) is 7.48. The van der Waals surface area contributed by atoms with Crippen LogP contribution in [0.15, 0.2) is 23.1 Å². The van der Waals surface area contributed by atoms with Gasteiger partial charge in [-0.2, -0.15) is 0 Å². The summed E-state index contributed by atoms with van der Waals surface area (Å²) in [4.78, 5) is 0.885. The summed E-state index contributed by atoms with van der Waals surface area (Å²) < 4.78 is 23.0. The molecule has 0 aliphatic carbocycles. The van der Waals surface area contributed by atoms with Crippen molar-refractivity contribution in [1.29, 1.82) is 0 Å². The Morgan fingerprint density at radius 1 is 1.50 bits per heavy atom. The number of alkyl halides is 1. The molecule has 0 amide bonds. The van der Waals surface area contributed by atoms with E-state index < -0.39 is 25.8 Å². The van der Waals surface area contributed by atoms with Crippen molar-refractivity contribution in [3.8, 4) is 0 Å². The van der Waals surface area contributed by atoms with Gasteiger partial charge >= 0.3 is 0 Å². The quantitative estimate of drug-likeness (QED) is 0.478. The van der Waals surface area contributed by atoms with Crippen LogP contribution < -0.4 is 0 Å². The number of hydrogen-bond acceptors (Lipinski definition) is 2. The summed E-state index contributed by atoms with van der Waals surface area (Å²) >= 11 is 6.31. The van der Waals surface area contributed by atoms with Gasteiger partial charge < -0.3 is 0 Å². The van der Waals surface area contributed by atoms with Crippen LogP contribution in [0.1, 0.15) is 6.92 Å². The summed E-state index contributed by atoms with van der Waals surface area (Å²) in [7, 11) is -2.08. The third kappa shape index (κ3) is 0.836. The molecular weight excluding hydrogens is 240 g/mol. The van der Waals surface area contributed by atoms with E-state index in [1.165, 1.54) is 0 Å². The second-order valence-electron chi connectivity index (χ2n) is 3.88. The van der Waals surface area contributed by atoms with Gasteiger partial charge in [-0.1, -0.05) is 29.8 Å². The number of allylic oxidation sites excluding steroid dienone is 2.